The lowest BCUT2D eigenvalue weighted by molar-refractivity contribution is -0.116. The van der Waals surface area contributed by atoms with E-state index in [0.717, 1.165) is 41.7 Å². The smallest absolute Gasteiger partial charge is 0.243 e. The van der Waals surface area contributed by atoms with E-state index in [4.69, 9.17) is 4.74 Å². The van der Waals surface area contributed by atoms with Crippen molar-refractivity contribution in [2.24, 2.45) is 0 Å². The Bertz CT molecular complexity index is 998. The summed E-state index contributed by atoms with van der Waals surface area (Å²) < 4.78 is 5.25. The molecule has 0 saturated carbocycles. The second-order valence-corrected chi connectivity index (χ2v) is 7.02. The summed E-state index contributed by atoms with van der Waals surface area (Å²) in [6, 6.07) is 15.7. The summed E-state index contributed by atoms with van der Waals surface area (Å²) in [7, 11) is 1.65. The van der Waals surface area contributed by atoms with Crippen LogP contribution in [0.1, 0.15) is 29.5 Å². The second-order valence-electron chi connectivity index (χ2n) is 7.02. The number of hydrogen-bond donors (Lipinski definition) is 1. The molecule has 3 aromatic rings. The highest BCUT2D eigenvalue weighted by molar-refractivity contribution is 5.88. The third-order valence-corrected chi connectivity index (χ3v) is 4.80. The number of hydrogen-bond acceptors (Lipinski definition) is 4. The number of carbonyl (C=O) groups excluding carboxylic acids is 1. The van der Waals surface area contributed by atoms with Crippen LogP contribution in [0.2, 0.25) is 0 Å². The number of nitrogens with zero attached hydrogens (tertiary/aromatic N) is 2. The van der Waals surface area contributed by atoms with Crippen molar-refractivity contribution in [1.82, 2.24) is 15.3 Å². The zero-order valence-corrected chi connectivity index (χ0v) is 17.7. The van der Waals surface area contributed by atoms with Gasteiger partial charge in [-0.05, 0) is 60.2 Å². The third-order valence-electron chi connectivity index (χ3n) is 4.80. The molecule has 1 aromatic carbocycles. The van der Waals surface area contributed by atoms with Gasteiger partial charge in [0.2, 0.25) is 5.91 Å². The van der Waals surface area contributed by atoms with Gasteiger partial charge in [0, 0.05) is 43.0 Å². The van der Waals surface area contributed by atoms with Crippen molar-refractivity contribution < 1.29 is 9.53 Å². The standard InChI is InChI=1S/C26H27N3O2/c1-31-24-14-12-22(13-15-24)25(23-9-6-17-28-20-23)10-4-11-26(30)29-18-3-2-7-21-8-5-16-27-19-21/h4-6,8-17,19-20H,2-3,7,18H2,1H3,(H,29,30). The van der Waals surface area contributed by atoms with Crippen LogP contribution in [0, 0.1) is 0 Å². The molecule has 0 aliphatic rings. The summed E-state index contributed by atoms with van der Waals surface area (Å²) in [6.07, 6.45) is 15.4. The Morgan fingerprint density at radius 1 is 0.968 bits per heavy atom. The maximum absolute atomic E-state index is 12.1. The number of pyridine rings is 2. The van der Waals surface area contributed by atoms with E-state index in [0.29, 0.717) is 6.54 Å². The number of methoxy groups -OCH3 is 1. The Kier molecular flexibility index (Phi) is 8.56. The molecule has 0 fully saturated rings. The summed E-state index contributed by atoms with van der Waals surface area (Å²) in [4.78, 5) is 20.5. The first kappa shape index (κ1) is 22.0. The molecule has 2 heterocycles. The van der Waals surface area contributed by atoms with Crippen molar-refractivity contribution in [3.63, 3.8) is 0 Å². The second kappa shape index (κ2) is 12.1. The molecule has 0 aliphatic heterocycles. The van der Waals surface area contributed by atoms with Crippen LogP contribution in [0.15, 0.2) is 91.5 Å². The molecule has 0 saturated heterocycles. The quantitative estimate of drug-likeness (QED) is 0.299. The number of allylic oxidation sites excluding steroid dienone is 2. The molecule has 0 aliphatic carbocycles. The van der Waals surface area contributed by atoms with E-state index in [1.165, 1.54) is 5.56 Å². The molecule has 2 aromatic heterocycles. The SMILES string of the molecule is COc1ccc(C(=CC=CC(=O)NCCCCc2cccnc2)c2cccnc2)cc1. The number of aryl methyl sites for hydroxylation is 1. The molecule has 5 nitrogen and oxygen atoms in total. The van der Waals surface area contributed by atoms with Crippen molar-refractivity contribution in [3.05, 3.63) is 108 Å². The van der Waals surface area contributed by atoms with Crippen molar-refractivity contribution >= 4 is 11.5 Å². The van der Waals surface area contributed by atoms with Gasteiger partial charge in [-0.15, -0.1) is 0 Å². The van der Waals surface area contributed by atoms with E-state index in [1.54, 1.807) is 31.7 Å². The van der Waals surface area contributed by atoms with Crippen molar-refractivity contribution in [2.75, 3.05) is 13.7 Å². The topological polar surface area (TPSA) is 64.1 Å². The fourth-order valence-electron chi connectivity index (χ4n) is 3.15. The van der Waals surface area contributed by atoms with E-state index >= 15 is 0 Å². The van der Waals surface area contributed by atoms with Gasteiger partial charge in [-0.1, -0.05) is 36.4 Å². The van der Waals surface area contributed by atoms with Gasteiger partial charge in [-0.25, -0.2) is 0 Å². The van der Waals surface area contributed by atoms with Crippen molar-refractivity contribution in [2.45, 2.75) is 19.3 Å². The number of amides is 1. The van der Waals surface area contributed by atoms with E-state index in [2.05, 4.69) is 21.4 Å². The maximum atomic E-state index is 12.1. The zero-order chi connectivity index (χ0) is 21.7. The number of benzene rings is 1. The molecule has 0 atom stereocenters. The van der Waals surface area contributed by atoms with Gasteiger partial charge in [0.1, 0.15) is 5.75 Å². The number of carbonyl (C=O) groups is 1. The molecular formula is C26H27N3O2. The Morgan fingerprint density at radius 3 is 2.42 bits per heavy atom. The van der Waals surface area contributed by atoms with Gasteiger partial charge in [0.25, 0.3) is 0 Å². The molecule has 3 rings (SSSR count). The van der Waals surface area contributed by atoms with Gasteiger partial charge < -0.3 is 10.1 Å². The third kappa shape index (κ3) is 7.23. The minimum absolute atomic E-state index is 0.0992. The van der Waals surface area contributed by atoms with Gasteiger partial charge >= 0.3 is 0 Å². The first-order valence-corrected chi connectivity index (χ1v) is 10.4. The minimum atomic E-state index is -0.0992. The van der Waals surface area contributed by atoms with Gasteiger partial charge in [0.05, 0.1) is 7.11 Å². The number of nitrogens with one attached hydrogen (secondary N) is 1. The Hall–Kier alpha value is -3.73. The van der Waals surface area contributed by atoms with Crippen LogP contribution >= 0.6 is 0 Å². The highest BCUT2D eigenvalue weighted by atomic mass is 16.5. The lowest BCUT2D eigenvalue weighted by atomic mass is 9.99. The molecule has 0 unspecified atom stereocenters. The predicted molar refractivity (Wildman–Crippen MR) is 124 cm³/mol. The molecule has 0 radical (unpaired) electrons. The fraction of sp³-hybridized carbons (Fsp3) is 0.192. The van der Waals surface area contributed by atoms with E-state index in [1.807, 2.05) is 60.9 Å². The molecule has 158 valence electrons. The summed E-state index contributed by atoms with van der Waals surface area (Å²) in [5, 5.41) is 2.94. The van der Waals surface area contributed by atoms with E-state index in [-0.39, 0.29) is 5.91 Å². The van der Waals surface area contributed by atoms with Crippen LogP contribution in [0.5, 0.6) is 5.75 Å². The molecule has 1 amide bonds. The Labute approximate surface area is 183 Å². The van der Waals surface area contributed by atoms with Crippen LogP contribution < -0.4 is 10.1 Å². The summed E-state index contributed by atoms with van der Waals surface area (Å²) in [5.41, 5.74) is 4.21. The summed E-state index contributed by atoms with van der Waals surface area (Å²) >= 11 is 0. The average Bonchev–Trinajstić information content (AvgIpc) is 2.83. The number of ether oxygens (including phenoxy) is 1. The first-order chi connectivity index (χ1) is 15.3. The Balaban J connectivity index is 1.55. The molecular weight excluding hydrogens is 386 g/mol. The zero-order valence-electron chi connectivity index (χ0n) is 17.7. The monoisotopic (exact) mass is 413 g/mol. The number of unbranched alkanes of at least 4 members (excludes halogenated alkanes) is 1. The maximum Gasteiger partial charge on any atom is 0.243 e. The largest absolute Gasteiger partial charge is 0.497 e. The molecule has 31 heavy (non-hydrogen) atoms. The number of rotatable bonds is 10. The van der Waals surface area contributed by atoms with Crippen LogP contribution in [0.25, 0.3) is 5.57 Å². The van der Waals surface area contributed by atoms with Crippen molar-refractivity contribution in [1.29, 1.82) is 0 Å². The highest BCUT2D eigenvalue weighted by Gasteiger charge is 2.05. The van der Waals surface area contributed by atoms with Gasteiger partial charge in [0.15, 0.2) is 0 Å². The minimum Gasteiger partial charge on any atom is -0.497 e. The molecule has 0 bridgehead atoms. The fourth-order valence-corrected chi connectivity index (χ4v) is 3.15. The van der Waals surface area contributed by atoms with Crippen LogP contribution in [0.4, 0.5) is 0 Å². The normalized spacial score (nSPS) is 11.5. The molecule has 1 N–H and O–H groups in total. The first-order valence-electron chi connectivity index (χ1n) is 10.4. The predicted octanol–water partition coefficient (Wildman–Crippen LogP) is 4.61. The van der Waals surface area contributed by atoms with E-state index in [9.17, 15) is 4.79 Å². The molecule has 0 spiro atoms. The van der Waals surface area contributed by atoms with Gasteiger partial charge in [-0.2, -0.15) is 0 Å². The van der Waals surface area contributed by atoms with Crippen LogP contribution in [-0.2, 0) is 11.2 Å². The van der Waals surface area contributed by atoms with Crippen molar-refractivity contribution in [3.8, 4) is 5.75 Å². The Morgan fingerprint density at radius 2 is 1.74 bits per heavy atom. The summed E-state index contributed by atoms with van der Waals surface area (Å²) in [6.45, 7) is 0.654. The summed E-state index contributed by atoms with van der Waals surface area (Å²) in [5.74, 6) is 0.700. The number of aromatic nitrogens is 2. The highest BCUT2D eigenvalue weighted by Crippen LogP contribution is 2.24. The van der Waals surface area contributed by atoms with Crippen LogP contribution in [0.3, 0.4) is 0 Å². The van der Waals surface area contributed by atoms with E-state index < -0.39 is 0 Å². The van der Waals surface area contributed by atoms with Gasteiger partial charge in [-0.3, -0.25) is 14.8 Å². The lowest BCUT2D eigenvalue weighted by Gasteiger charge is -2.08. The van der Waals surface area contributed by atoms with Crippen LogP contribution in [-0.4, -0.2) is 29.5 Å². The lowest BCUT2D eigenvalue weighted by Crippen LogP contribution is -2.22. The average molecular weight is 414 g/mol. The molecule has 5 heteroatoms.